The van der Waals surface area contributed by atoms with E-state index in [1.807, 2.05) is 23.5 Å². The molecule has 0 radical (unpaired) electrons. The van der Waals surface area contributed by atoms with Gasteiger partial charge in [-0.15, -0.1) is 24.8 Å². The number of carbonyl (C=O) groups excluding carboxylic acids is 1. The number of rotatable bonds is 4. The molecule has 1 saturated heterocycles. The molecule has 1 aromatic heterocycles. The van der Waals surface area contributed by atoms with Crippen molar-refractivity contribution < 1.29 is 10.3 Å². The highest BCUT2D eigenvalue weighted by Gasteiger charge is 2.25. The van der Waals surface area contributed by atoms with Gasteiger partial charge in [0.05, 0.1) is 6.42 Å². The van der Waals surface area contributed by atoms with Crippen LogP contribution in [0, 0.1) is 19.8 Å². The van der Waals surface area contributed by atoms with Gasteiger partial charge in [-0.1, -0.05) is 12.1 Å². The van der Waals surface area contributed by atoms with Gasteiger partial charge in [0.2, 0.25) is 5.91 Å². The molecule has 2 N–H and O–H groups in total. The standard InChI is InChI=1S/C24H29N3O.2ClH.H2O/c1-18-12-22-7-11-27(24(28)14-23(22)13-19(18)2)17-21-4-3-10-26(16-21)15-20-5-8-25-9-6-20;;;/h5-9,11-13,21H,3-4,10,14-17H2,1-2H3;2*1H;1H2. The molecule has 170 valence electrons. The van der Waals surface area contributed by atoms with Gasteiger partial charge in [-0.3, -0.25) is 14.7 Å². The number of amides is 1. The van der Waals surface area contributed by atoms with Crippen LogP contribution >= 0.6 is 24.8 Å². The Morgan fingerprint density at radius 2 is 1.81 bits per heavy atom. The predicted octanol–water partition coefficient (Wildman–Crippen LogP) is 3.98. The van der Waals surface area contributed by atoms with Gasteiger partial charge in [0.15, 0.2) is 0 Å². The third-order valence-corrected chi connectivity index (χ3v) is 6.07. The monoisotopic (exact) mass is 465 g/mol. The molecule has 0 saturated carbocycles. The Morgan fingerprint density at radius 1 is 1.10 bits per heavy atom. The van der Waals surface area contributed by atoms with E-state index in [1.54, 1.807) is 0 Å². The van der Waals surface area contributed by atoms with Crippen molar-refractivity contribution >= 4 is 36.8 Å². The predicted molar refractivity (Wildman–Crippen MR) is 131 cm³/mol. The first-order valence-corrected chi connectivity index (χ1v) is 10.3. The Kier molecular flexibility index (Phi) is 10.7. The van der Waals surface area contributed by atoms with Crippen LogP contribution in [0.2, 0.25) is 0 Å². The van der Waals surface area contributed by atoms with E-state index < -0.39 is 0 Å². The molecule has 7 heteroatoms. The number of halogens is 2. The maximum Gasteiger partial charge on any atom is 0.230 e. The first-order chi connectivity index (χ1) is 13.6. The number of hydrogen-bond donors (Lipinski definition) is 0. The fourth-order valence-corrected chi connectivity index (χ4v) is 4.36. The molecule has 2 aliphatic rings. The van der Waals surface area contributed by atoms with Crippen molar-refractivity contribution in [2.75, 3.05) is 19.6 Å². The Hall–Kier alpha value is -1.92. The molecule has 5 nitrogen and oxygen atoms in total. The molecule has 31 heavy (non-hydrogen) atoms. The van der Waals surface area contributed by atoms with Gasteiger partial charge in [-0.25, -0.2) is 0 Å². The second-order valence-electron chi connectivity index (χ2n) is 8.27. The van der Waals surface area contributed by atoms with Gasteiger partial charge in [0.25, 0.3) is 0 Å². The summed E-state index contributed by atoms with van der Waals surface area (Å²) in [4.78, 5) is 21.4. The molecule has 1 atom stereocenters. The number of nitrogens with zero attached hydrogens (tertiary/aromatic N) is 3. The fourth-order valence-electron chi connectivity index (χ4n) is 4.36. The average molecular weight is 466 g/mol. The summed E-state index contributed by atoms with van der Waals surface area (Å²) in [5.74, 6) is 0.735. The lowest BCUT2D eigenvalue weighted by molar-refractivity contribution is -0.128. The van der Waals surface area contributed by atoms with Crippen LogP contribution in [-0.2, 0) is 17.8 Å². The second kappa shape index (κ2) is 12.2. The number of aromatic nitrogens is 1. The molecule has 1 unspecified atom stereocenters. The van der Waals surface area contributed by atoms with Crippen molar-refractivity contribution in [2.24, 2.45) is 5.92 Å². The van der Waals surface area contributed by atoms with Crippen LogP contribution in [0.3, 0.4) is 0 Å². The minimum absolute atomic E-state index is 0. The number of fused-ring (bicyclic) bond motifs is 1. The first kappa shape index (κ1) is 27.1. The Bertz CT molecular complexity index is 890. The summed E-state index contributed by atoms with van der Waals surface area (Å²) in [7, 11) is 0. The zero-order valence-electron chi connectivity index (χ0n) is 18.2. The molecular formula is C24H33Cl2N3O2. The summed E-state index contributed by atoms with van der Waals surface area (Å²) in [6.07, 6.45) is 10.7. The van der Waals surface area contributed by atoms with Crippen molar-refractivity contribution in [3.63, 3.8) is 0 Å². The fraction of sp³-hybridized carbons (Fsp3) is 0.417. The lowest BCUT2D eigenvalue weighted by atomic mass is 9.96. The summed E-state index contributed by atoms with van der Waals surface area (Å²) in [6.45, 7) is 8.21. The summed E-state index contributed by atoms with van der Waals surface area (Å²) in [5, 5.41) is 0. The molecule has 0 bridgehead atoms. The van der Waals surface area contributed by atoms with E-state index in [0.29, 0.717) is 12.3 Å². The highest BCUT2D eigenvalue weighted by molar-refractivity contribution is 5.85. The van der Waals surface area contributed by atoms with Gasteiger partial charge < -0.3 is 10.4 Å². The van der Waals surface area contributed by atoms with Crippen LogP contribution in [0.4, 0.5) is 0 Å². The van der Waals surface area contributed by atoms with Crippen LogP contribution in [0.15, 0.2) is 42.9 Å². The zero-order valence-corrected chi connectivity index (χ0v) is 19.8. The molecular weight excluding hydrogens is 433 g/mol. The third-order valence-electron chi connectivity index (χ3n) is 6.07. The normalized spacial score (nSPS) is 18.2. The topological polar surface area (TPSA) is 67.9 Å². The SMILES string of the molecule is Cc1cc2c(cc1C)CC(=O)N(CC1CCCN(Cc3ccncc3)C1)C=C2.Cl.Cl.O. The lowest BCUT2D eigenvalue weighted by Gasteiger charge is -2.34. The van der Waals surface area contributed by atoms with Crippen molar-refractivity contribution in [1.82, 2.24) is 14.8 Å². The molecule has 3 heterocycles. The maximum atomic E-state index is 12.9. The number of aryl methyl sites for hydroxylation is 2. The number of piperidine rings is 1. The van der Waals surface area contributed by atoms with Crippen molar-refractivity contribution in [3.05, 3.63) is 70.7 Å². The quantitative estimate of drug-likeness (QED) is 0.685. The van der Waals surface area contributed by atoms with E-state index in [0.717, 1.165) is 31.7 Å². The van der Waals surface area contributed by atoms with Gasteiger partial charge in [-0.2, -0.15) is 0 Å². The Balaban J connectivity index is 0.00000160. The van der Waals surface area contributed by atoms with Crippen molar-refractivity contribution in [3.8, 4) is 0 Å². The molecule has 1 aromatic carbocycles. The number of pyridine rings is 1. The van der Waals surface area contributed by atoms with Crippen LogP contribution < -0.4 is 0 Å². The largest absolute Gasteiger partial charge is 0.412 e. The Morgan fingerprint density at radius 3 is 2.55 bits per heavy atom. The van der Waals surface area contributed by atoms with Crippen molar-refractivity contribution in [1.29, 1.82) is 0 Å². The minimum atomic E-state index is 0. The van der Waals surface area contributed by atoms with Crippen LogP contribution in [-0.4, -0.2) is 45.8 Å². The van der Waals surface area contributed by atoms with Crippen LogP contribution in [0.25, 0.3) is 6.08 Å². The van der Waals surface area contributed by atoms with Crippen LogP contribution in [0.1, 0.15) is 40.7 Å². The molecule has 0 spiro atoms. The van der Waals surface area contributed by atoms with Gasteiger partial charge in [0, 0.05) is 38.2 Å². The summed E-state index contributed by atoms with van der Waals surface area (Å²) < 4.78 is 0. The highest BCUT2D eigenvalue weighted by atomic mass is 35.5. The highest BCUT2D eigenvalue weighted by Crippen LogP contribution is 2.24. The van der Waals surface area contributed by atoms with E-state index in [1.165, 1.54) is 35.1 Å². The summed E-state index contributed by atoms with van der Waals surface area (Å²) in [5.41, 5.74) is 6.18. The number of benzene rings is 1. The van der Waals surface area contributed by atoms with Crippen molar-refractivity contribution in [2.45, 2.75) is 39.7 Å². The smallest absolute Gasteiger partial charge is 0.230 e. The molecule has 2 aliphatic heterocycles. The number of hydrogen-bond acceptors (Lipinski definition) is 3. The minimum Gasteiger partial charge on any atom is -0.412 e. The molecule has 0 aliphatic carbocycles. The van der Waals surface area contributed by atoms with E-state index in [4.69, 9.17) is 0 Å². The van der Waals surface area contributed by atoms with E-state index in [-0.39, 0.29) is 36.2 Å². The van der Waals surface area contributed by atoms with Gasteiger partial charge in [-0.05, 0) is 85.2 Å². The van der Waals surface area contributed by atoms with Gasteiger partial charge >= 0.3 is 0 Å². The molecule has 4 rings (SSSR count). The lowest BCUT2D eigenvalue weighted by Crippen LogP contribution is -2.41. The van der Waals surface area contributed by atoms with Gasteiger partial charge in [0.1, 0.15) is 0 Å². The number of carbonyl (C=O) groups is 1. The molecule has 1 fully saturated rings. The first-order valence-electron chi connectivity index (χ1n) is 10.3. The maximum absolute atomic E-state index is 12.9. The zero-order chi connectivity index (χ0) is 19.5. The summed E-state index contributed by atoms with van der Waals surface area (Å²) in [6, 6.07) is 8.56. The third kappa shape index (κ3) is 6.78. The average Bonchev–Trinajstić information content (AvgIpc) is 2.83. The second-order valence-corrected chi connectivity index (χ2v) is 8.27. The molecule has 2 aromatic rings. The van der Waals surface area contributed by atoms with E-state index in [2.05, 4.69) is 54.1 Å². The summed E-state index contributed by atoms with van der Waals surface area (Å²) >= 11 is 0. The Labute approximate surface area is 197 Å². The van der Waals surface area contributed by atoms with E-state index in [9.17, 15) is 4.79 Å². The van der Waals surface area contributed by atoms with Crippen LogP contribution in [0.5, 0.6) is 0 Å². The molecule has 1 amide bonds. The number of likely N-dealkylation sites (tertiary alicyclic amines) is 1. The van der Waals surface area contributed by atoms with E-state index >= 15 is 0 Å².